The van der Waals surface area contributed by atoms with Crippen LogP contribution in [-0.2, 0) is 4.74 Å². The van der Waals surface area contributed by atoms with Crippen LogP contribution in [0.2, 0.25) is 0 Å². The Morgan fingerprint density at radius 3 is 2.83 bits per heavy atom. The molecule has 0 bridgehead atoms. The van der Waals surface area contributed by atoms with Gasteiger partial charge in [0, 0.05) is 31.9 Å². The third-order valence-electron chi connectivity index (χ3n) is 2.30. The summed E-state index contributed by atoms with van der Waals surface area (Å²) in [6, 6.07) is 0. The van der Waals surface area contributed by atoms with E-state index in [9.17, 15) is 0 Å². The van der Waals surface area contributed by atoms with Gasteiger partial charge in [0.2, 0.25) is 0 Å². The first-order chi connectivity index (χ1) is 5.97. The molecular formula is C8H15N2OS. The predicted octanol–water partition coefficient (Wildman–Crippen LogP) is -0.00410. The molecule has 69 valence electrons. The fourth-order valence-corrected chi connectivity index (χ4v) is 2.73. The molecule has 0 saturated carbocycles. The number of hydrogen-bond acceptors (Lipinski definition) is 3. The van der Waals surface area contributed by atoms with Gasteiger partial charge in [0.15, 0.2) is 0 Å². The minimum atomic E-state index is 0.641. The molecule has 0 aromatic rings. The lowest BCUT2D eigenvalue weighted by molar-refractivity contribution is 0.0321. The van der Waals surface area contributed by atoms with Gasteiger partial charge < -0.3 is 4.74 Å². The molecule has 2 aliphatic heterocycles. The number of morpholine rings is 1. The van der Waals surface area contributed by atoms with Crippen molar-refractivity contribution in [3.63, 3.8) is 0 Å². The van der Waals surface area contributed by atoms with Gasteiger partial charge in [0.25, 0.3) is 0 Å². The average molecular weight is 187 g/mol. The van der Waals surface area contributed by atoms with Crippen molar-refractivity contribution in [2.24, 2.45) is 0 Å². The molecule has 0 N–H and O–H groups in total. The molecule has 0 spiro atoms. The highest BCUT2D eigenvalue weighted by molar-refractivity contribution is 7.99. The largest absolute Gasteiger partial charge is 0.379 e. The number of thioether (sulfide) groups is 1. The Kier molecular flexibility index (Phi) is 3.28. The summed E-state index contributed by atoms with van der Waals surface area (Å²) in [7, 11) is 0. The Bertz CT molecular complexity index is 117. The zero-order valence-electron chi connectivity index (χ0n) is 7.24. The molecule has 2 rings (SSSR count). The van der Waals surface area contributed by atoms with Crippen molar-refractivity contribution in [3.05, 3.63) is 0 Å². The monoisotopic (exact) mass is 187 g/mol. The molecule has 1 unspecified atom stereocenters. The molecule has 4 heteroatoms. The van der Waals surface area contributed by atoms with Gasteiger partial charge in [0.05, 0.1) is 18.6 Å². The number of nitrogens with zero attached hydrogens (tertiary/aromatic N) is 2. The van der Waals surface area contributed by atoms with Crippen LogP contribution < -0.4 is 5.32 Å². The number of hydrogen-bond donors (Lipinski definition) is 0. The van der Waals surface area contributed by atoms with E-state index in [1.807, 2.05) is 11.8 Å². The Balaban J connectivity index is 1.80. The van der Waals surface area contributed by atoms with Gasteiger partial charge in [-0.1, -0.05) is 0 Å². The zero-order chi connectivity index (χ0) is 8.23. The molecule has 3 nitrogen and oxygen atoms in total. The van der Waals surface area contributed by atoms with Crippen LogP contribution in [0.1, 0.15) is 0 Å². The molecule has 0 aliphatic carbocycles. The summed E-state index contributed by atoms with van der Waals surface area (Å²) in [5.74, 6) is 1.20. The molecule has 2 heterocycles. The van der Waals surface area contributed by atoms with E-state index in [4.69, 9.17) is 4.74 Å². The zero-order valence-corrected chi connectivity index (χ0v) is 8.05. The SMILES string of the molecule is C1CSC(N2CCOCC2)C[N]1. The molecule has 0 aromatic carbocycles. The Morgan fingerprint density at radius 1 is 1.33 bits per heavy atom. The van der Waals surface area contributed by atoms with Crippen LogP contribution in [0.15, 0.2) is 0 Å². The summed E-state index contributed by atoms with van der Waals surface area (Å²) in [6.45, 7) is 6.05. The predicted molar refractivity (Wildman–Crippen MR) is 50.5 cm³/mol. The average Bonchev–Trinajstić information content (AvgIpc) is 2.21. The van der Waals surface area contributed by atoms with E-state index in [2.05, 4.69) is 10.2 Å². The van der Waals surface area contributed by atoms with Crippen molar-refractivity contribution in [3.8, 4) is 0 Å². The fourth-order valence-electron chi connectivity index (χ4n) is 1.59. The highest BCUT2D eigenvalue weighted by Crippen LogP contribution is 2.19. The van der Waals surface area contributed by atoms with Gasteiger partial charge >= 0.3 is 0 Å². The van der Waals surface area contributed by atoms with Gasteiger partial charge in [-0.25, -0.2) is 5.32 Å². The lowest BCUT2D eigenvalue weighted by atomic mass is 10.4. The second-order valence-electron chi connectivity index (χ2n) is 3.10. The third kappa shape index (κ3) is 2.13. The molecule has 2 saturated heterocycles. The molecule has 1 atom stereocenters. The lowest BCUT2D eigenvalue weighted by Crippen LogP contribution is -2.47. The maximum atomic E-state index is 5.31. The maximum absolute atomic E-state index is 5.31. The van der Waals surface area contributed by atoms with Crippen molar-refractivity contribution < 1.29 is 4.74 Å². The van der Waals surface area contributed by atoms with Crippen LogP contribution in [0.3, 0.4) is 0 Å². The smallest absolute Gasteiger partial charge is 0.0702 e. The van der Waals surface area contributed by atoms with E-state index in [1.54, 1.807) is 0 Å². The van der Waals surface area contributed by atoms with Crippen LogP contribution in [0.5, 0.6) is 0 Å². The van der Waals surface area contributed by atoms with Crippen molar-refractivity contribution >= 4 is 11.8 Å². The normalized spacial score (nSPS) is 33.5. The molecule has 0 aromatic heterocycles. The number of rotatable bonds is 1. The first-order valence-electron chi connectivity index (χ1n) is 4.53. The summed E-state index contributed by atoms with van der Waals surface area (Å²) in [6.07, 6.45) is 0. The first-order valence-corrected chi connectivity index (χ1v) is 5.58. The van der Waals surface area contributed by atoms with Gasteiger partial charge in [-0.3, -0.25) is 4.90 Å². The van der Waals surface area contributed by atoms with Crippen LogP contribution >= 0.6 is 11.8 Å². The molecule has 2 fully saturated rings. The van der Waals surface area contributed by atoms with Crippen LogP contribution in [0.25, 0.3) is 0 Å². The Morgan fingerprint density at radius 2 is 2.17 bits per heavy atom. The topological polar surface area (TPSA) is 26.6 Å². The van der Waals surface area contributed by atoms with E-state index in [-0.39, 0.29) is 0 Å². The Hall–Kier alpha value is 0.230. The summed E-state index contributed by atoms with van der Waals surface area (Å²) >= 11 is 2.05. The number of ether oxygens (including phenoxy) is 1. The van der Waals surface area contributed by atoms with E-state index < -0.39 is 0 Å². The standard InChI is InChI=1S/C8H15N2OS/c1-6-12-8(7-9-1)10-2-4-11-5-3-10/h8H,1-7H2. The van der Waals surface area contributed by atoms with Crippen molar-refractivity contribution in [1.29, 1.82) is 0 Å². The minimum absolute atomic E-state index is 0.641. The Labute approximate surface area is 77.8 Å². The van der Waals surface area contributed by atoms with E-state index >= 15 is 0 Å². The first kappa shape index (κ1) is 8.81. The van der Waals surface area contributed by atoms with Crippen molar-refractivity contribution in [1.82, 2.24) is 10.2 Å². The van der Waals surface area contributed by atoms with E-state index in [0.29, 0.717) is 5.37 Å². The summed E-state index contributed by atoms with van der Waals surface area (Å²) in [4.78, 5) is 2.50. The van der Waals surface area contributed by atoms with Gasteiger partial charge in [-0.05, 0) is 0 Å². The fraction of sp³-hybridized carbons (Fsp3) is 1.00. The van der Waals surface area contributed by atoms with Crippen LogP contribution in [0.4, 0.5) is 0 Å². The minimum Gasteiger partial charge on any atom is -0.379 e. The highest BCUT2D eigenvalue weighted by Gasteiger charge is 2.23. The second-order valence-corrected chi connectivity index (χ2v) is 4.39. The molecule has 1 radical (unpaired) electrons. The van der Waals surface area contributed by atoms with Crippen molar-refractivity contribution in [2.45, 2.75) is 5.37 Å². The summed E-state index contributed by atoms with van der Waals surface area (Å²) in [5, 5.41) is 5.07. The molecule has 2 aliphatic rings. The summed E-state index contributed by atoms with van der Waals surface area (Å²) in [5.41, 5.74) is 0. The van der Waals surface area contributed by atoms with Gasteiger partial charge in [-0.15, -0.1) is 11.8 Å². The maximum Gasteiger partial charge on any atom is 0.0702 e. The highest BCUT2D eigenvalue weighted by atomic mass is 32.2. The van der Waals surface area contributed by atoms with E-state index in [0.717, 1.165) is 39.4 Å². The van der Waals surface area contributed by atoms with Gasteiger partial charge in [0.1, 0.15) is 0 Å². The third-order valence-corrected chi connectivity index (χ3v) is 3.55. The molecule has 12 heavy (non-hydrogen) atoms. The van der Waals surface area contributed by atoms with Gasteiger partial charge in [-0.2, -0.15) is 0 Å². The quantitative estimate of drug-likeness (QED) is 0.578. The van der Waals surface area contributed by atoms with Crippen LogP contribution in [0, 0.1) is 0 Å². The van der Waals surface area contributed by atoms with Crippen LogP contribution in [-0.4, -0.2) is 55.4 Å². The summed E-state index contributed by atoms with van der Waals surface area (Å²) < 4.78 is 5.31. The molecule has 0 amide bonds. The van der Waals surface area contributed by atoms with Crippen molar-refractivity contribution in [2.75, 3.05) is 45.1 Å². The van der Waals surface area contributed by atoms with E-state index in [1.165, 1.54) is 5.75 Å². The second kappa shape index (κ2) is 4.46. The lowest BCUT2D eigenvalue weighted by Gasteiger charge is -2.35. The molecular weight excluding hydrogens is 172 g/mol.